The van der Waals surface area contributed by atoms with E-state index < -0.39 is 10.8 Å². The molecular weight excluding hydrogens is 372 g/mol. The van der Waals surface area contributed by atoms with Gasteiger partial charge in [-0.2, -0.15) is 0 Å². The van der Waals surface area contributed by atoms with Gasteiger partial charge in [-0.05, 0) is 70.3 Å². The molecular formula is C22H36N2O3S. The maximum Gasteiger partial charge on any atom is 0.312 e. The van der Waals surface area contributed by atoms with E-state index >= 15 is 0 Å². The fraction of sp³-hybridized carbons (Fsp3) is 0.773. The van der Waals surface area contributed by atoms with Gasteiger partial charge in [0.2, 0.25) is 0 Å². The number of hydrogen-bond acceptors (Lipinski definition) is 4. The Labute approximate surface area is 173 Å². The molecule has 2 atom stereocenters. The molecule has 1 aromatic rings. The van der Waals surface area contributed by atoms with Crippen LogP contribution in [-0.2, 0) is 26.3 Å². The van der Waals surface area contributed by atoms with Crippen molar-refractivity contribution in [1.29, 1.82) is 0 Å². The van der Waals surface area contributed by atoms with Gasteiger partial charge in [0.05, 0.1) is 12.5 Å². The Morgan fingerprint density at radius 1 is 1.32 bits per heavy atom. The summed E-state index contributed by atoms with van der Waals surface area (Å²) in [5.74, 6) is -0.628. The molecule has 1 heterocycles. The van der Waals surface area contributed by atoms with Crippen LogP contribution in [0.25, 0.3) is 0 Å². The van der Waals surface area contributed by atoms with Crippen LogP contribution in [0.3, 0.4) is 0 Å². The van der Waals surface area contributed by atoms with E-state index in [0.717, 1.165) is 29.5 Å². The molecule has 5 nitrogen and oxygen atoms in total. The number of aromatic nitrogens is 1. The summed E-state index contributed by atoms with van der Waals surface area (Å²) in [5, 5.41) is 0. The summed E-state index contributed by atoms with van der Waals surface area (Å²) in [4.78, 5) is 30.2. The summed E-state index contributed by atoms with van der Waals surface area (Å²) in [6.07, 6.45) is 6.56. The van der Waals surface area contributed by atoms with Gasteiger partial charge >= 0.3 is 5.97 Å². The number of carbonyl (C=O) groups is 2. The largest absolute Gasteiger partial charge is 0.469 e. The van der Waals surface area contributed by atoms with Crippen LogP contribution in [0.15, 0.2) is 11.2 Å². The van der Waals surface area contributed by atoms with Gasteiger partial charge in [-0.25, -0.2) is 4.99 Å². The molecule has 1 aromatic heterocycles. The Balaban J connectivity index is 2.41. The summed E-state index contributed by atoms with van der Waals surface area (Å²) in [7, 11) is 1.42. The van der Waals surface area contributed by atoms with E-state index in [1.54, 1.807) is 11.5 Å². The summed E-state index contributed by atoms with van der Waals surface area (Å²) >= 11 is 1.55. The quantitative estimate of drug-likeness (QED) is 0.664. The third-order valence-corrected chi connectivity index (χ3v) is 7.94. The van der Waals surface area contributed by atoms with E-state index in [1.807, 2.05) is 20.8 Å². The average Bonchev–Trinajstić information content (AvgIpc) is 3.11. The van der Waals surface area contributed by atoms with Gasteiger partial charge in [-0.3, -0.25) is 13.5 Å². The molecule has 0 spiro atoms. The van der Waals surface area contributed by atoms with Crippen LogP contribution >= 0.6 is 11.5 Å². The molecule has 2 unspecified atom stereocenters. The summed E-state index contributed by atoms with van der Waals surface area (Å²) in [5.41, 5.74) is -0.0645. The highest BCUT2D eigenvalue weighted by molar-refractivity contribution is 7.04. The van der Waals surface area contributed by atoms with E-state index in [0.29, 0.717) is 12.8 Å². The van der Waals surface area contributed by atoms with Crippen LogP contribution in [-0.4, -0.2) is 22.9 Å². The highest BCUT2D eigenvalue weighted by Gasteiger charge is 2.58. The highest BCUT2D eigenvalue weighted by atomic mass is 32.1. The number of unbranched alkanes of at least 4 members (excludes halogenated alkanes) is 1. The van der Waals surface area contributed by atoms with Gasteiger partial charge in [0.1, 0.15) is 4.67 Å². The first-order chi connectivity index (χ1) is 12.9. The van der Waals surface area contributed by atoms with Crippen molar-refractivity contribution in [2.45, 2.75) is 86.1 Å². The molecule has 0 N–H and O–H groups in total. The van der Waals surface area contributed by atoms with Crippen LogP contribution < -0.4 is 4.67 Å². The first kappa shape index (κ1) is 22.9. The molecule has 158 valence electrons. The second kappa shape index (κ2) is 8.13. The lowest BCUT2D eigenvalue weighted by Gasteiger charge is -2.38. The van der Waals surface area contributed by atoms with E-state index in [2.05, 4.69) is 42.8 Å². The zero-order valence-electron chi connectivity index (χ0n) is 18.7. The van der Waals surface area contributed by atoms with Crippen molar-refractivity contribution in [3.05, 3.63) is 16.4 Å². The van der Waals surface area contributed by atoms with Gasteiger partial charge in [-0.15, -0.1) is 0 Å². The Morgan fingerprint density at radius 2 is 1.96 bits per heavy atom. The minimum Gasteiger partial charge on any atom is -0.469 e. The molecule has 1 fully saturated rings. The van der Waals surface area contributed by atoms with Crippen molar-refractivity contribution in [3.8, 4) is 0 Å². The van der Waals surface area contributed by atoms with Gasteiger partial charge < -0.3 is 4.74 Å². The minimum atomic E-state index is -0.663. The van der Waals surface area contributed by atoms with Crippen molar-refractivity contribution >= 4 is 23.4 Å². The molecule has 6 heteroatoms. The Hall–Kier alpha value is -1.43. The summed E-state index contributed by atoms with van der Waals surface area (Å²) in [6, 6.07) is 0. The third-order valence-electron chi connectivity index (χ3n) is 6.57. The molecule has 1 aliphatic rings. The van der Waals surface area contributed by atoms with Gasteiger partial charge in [0.15, 0.2) is 0 Å². The zero-order chi connectivity index (χ0) is 21.3. The van der Waals surface area contributed by atoms with Crippen molar-refractivity contribution in [1.82, 2.24) is 3.96 Å². The lowest BCUT2D eigenvalue weighted by Crippen LogP contribution is -2.43. The number of methoxy groups -OCH3 is 1. The molecule has 0 saturated heterocycles. The molecule has 1 saturated carbocycles. The van der Waals surface area contributed by atoms with Gasteiger partial charge in [0.25, 0.3) is 5.91 Å². The van der Waals surface area contributed by atoms with Gasteiger partial charge in [0, 0.05) is 23.2 Å². The normalized spacial score (nSPS) is 25.1. The third kappa shape index (κ3) is 4.12. The molecule has 28 heavy (non-hydrogen) atoms. The minimum absolute atomic E-state index is 0.0431. The van der Waals surface area contributed by atoms with Crippen LogP contribution in [0.1, 0.15) is 79.7 Å². The number of rotatable bonds is 5. The Bertz CT molecular complexity index is 797. The maximum absolute atomic E-state index is 13.2. The molecule has 2 rings (SSSR count). The fourth-order valence-corrected chi connectivity index (χ4v) is 5.08. The number of ether oxygens (including phenoxy) is 1. The number of carbonyl (C=O) groups excluding carboxylic acids is 2. The maximum atomic E-state index is 13.2. The lowest BCUT2D eigenvalue weighted by atomic mass is 9.65. The molecule has 0 aromatic carbocycles. The van der Waals surface area contributed by atoms with E-state index in [9.17, 15) is 9.59 Å². The Kier molecular flexibility index (Phi) is 6.64. The number of hydrogen-bond donors (Lipinski definition) is 0. The molecule has 0 aliphatic heterocycles. The van der Waals surface area contributed by atoms with Crippen LogP contribution in [0, 0.1) is 16.7 Å². The highest BCUT2D eigenvalue weighted by Crippen LogP contribution is 2.56. The summed E-state index contributed by atoms with van der Waals surface area (Å²) in [6.45, 7) is 14.5. The van der Waals surface area contributed by atoms with Crippen LogP contribution in [0.5, 0.6) is 0 Å². The second-order valence-corrected chi connectivity index (χ2v) is 10.7. The fourth-order valence-electron chi connectivity index (χ4n) is 4.04. The summed E-state index contributed by atoms with van der Waals surface area (Å²) < 4.78 is 8.04. The molecule has 1 aliphatic carbocycles. The molecule has 1 amide bonds. The van der Waals surface area contributed by atoms with Crippen LogP contribution in [0.4, 0.5) is 0 Å². The lowest BCUT2D eigenvalue weighted by molar-refractivity contribution is -0.158. The zero-order valence-corrected chi connectivity index (χ0v) is 19.5. The van der Waals surface area contributed by atoms with E-state index in [1.165, 1.54) is 7.11 Å². The van der Waals surface area contributed by atoms with E-state index in [-0.39, 0.29) is 23.3 Å². The van der Waals surface area contributed by atoms with Crippen molar-refractivity contribution < 1.29 is 14.3 Å². The Morgan fingerprint density at radius 3 is 2.50 bits per heavy atom. The van der Waals surface area contributed by atoms with E-state index in [4.69, 9.17) is 4.74 Å². The van der Waals surface area contributed by atoms with Crippen molar-refractivity contribution in [2.75, 3.05) is 7.11 Å². The smallest absolute Gasteiger partial charge is 0.312 e. The molecule has 0 bridgehead atoms. The van der Waals surface area contributed by atoms with Crippen molar-refractivity contribution in [2.24, 2.45) is 21.7 Å². The SMILES string of the molecule is CCCCc1cn(C(C)(C)C)s/c1=N\C(=O)C1CCC(C)(C(=O)OC)C1(C)C. The topological polar surface area (TPSA) is 60.7 Å². The predicted molar refractivity (Wildman–Crippen MR) is 113 cm³/mol. The standard InChI is InChI=1S/C22H36N2O3S/c1-9-10-11-15-14-24(20(2,3)4)28-18(15)23-17(25)16-12-13-22(7,19(26)27-8)21(16,5)6/h14,16H,9-13H2,1-8H3/b23-18-. The average molecular weight is 409 g/mol. The van der Waals surface area contributed by atoms with Crippen LogP contribution in [0.2, 0.25) is 0 Å². The molecule has 0 radical (unpaired) electrons. The monoisotopic (exact) mass is 408 g/mol. The number of amides is 1. The first-order valence-electron chi connectivity index (χ1n) is 10.3. The second-order valence-electron chi connectivity index (χ2n) is 9.74. The predicted octanol–water partition coefficient (Wildman–Crippen LogP) is 4.69. The number of nitrogens with zero attached hydrogens (tertiary/aromatic N) is 2. The number of esters is 1. The van der Waals surface area contributed by atoms with Crippen molar-refractivity contribution in [3.63, 3.8) is 0 Å². The first-order valence-corrected chi connectivity index (χ1v) is 11.0. The van der Waals surface area contributed by atoms with Gasteiger partial charge in [-0.1, -0.05) is 27.2 Å². The number of aryl methyl sites for hydroxylation is 1.